The quantitative estimate of drug-likeness (QED) is 0.154. The number of aromatic nitrogens is 4. The zero-order valence-corrected chi connectivity index (χ0v) is 30.4. The van der Waals surface area contributed by atoms with Crippen LogP contribution in [0.3, 0.4) is 0 Å². The topological polar surface area (TPSA) is 51.6 Å². The van der Waals surface area contributed by atoms with Crippen LogP contribution in [0.4, 0.5) is 0 Å². The predicted octanol–water partition coefficient (Wildman–Crippen LogP) is 13.2. The molecule has 0 spiro atoms. The van der Waals surface area contributed by atoms with E-state index in [1.54, 1.807) is 12.4 Å². The van der Waals surface area contributed by atoms with Gasteiger partial charge in [-0.2, -0.15) is 0 Å². The van der Waals surface area contributed by atoms with E-state index in [4.69, 9.17) is 9.97 Å². The molecule has 0 aliphatic carbocycles. The van der Waals surface area contributed by atoms with Gasteiger partial charge in [-0.3, -0.25) is 9.97 Å². The molecule has 4 heteroatoms. The fraction of sp³-hybridized carbons (Fsp3) is 0. The molecule has 0 aliphatic rings. The third-order valence-electron chi connectivity index (χ3n) is 10.5. The van der Waals surface area contributed by atoms with Gasteiger partial charge in [0.05, 0.1) is 11.4 Å². The van der Waals surface area contributed by atoms with Gasteiger partial charge < -0.3 is 0 Å². The van der Waals surface area contributed by atoms with E-state index in [0.717, 1.165) is 55.9 Å². The van der Waals surface area contributed by atoms with E-state index in [9.17, 15) is 0 Å². The van der Waals surface area contributed by atoms with Crippen LogP contribution in [-0.4, -0.2) is 19.9 Å². The summed E-state index contributed by atoms with van der Waals surface area (Å²) in [7, 11) is 0. The normalized spacial score (nSPS) is 11.2. The Morgan fingerprint density at radius 2 is 0.679 bits per heavy atom. The number of hydrogen-bond acceptors (Lipinski definition) is 4. The summed E-state index contributed by atoms with van der Waals surface area (Å²) in [4.78, 5) is 19.1. The van der Waals surface area contributed by atoms with Crippen LogP contribution in [0, 0.1) is 0 Å². The molecule has 0 amide bonds. The number of pyridine rings is 2. The number of benzene rings is 7. The molecule has 262 valence electrons. The summed E-state index contributed by atoms with van der Waals surface area (Å²) < 4.78 is 0. The van der Waals surface area contributed by atoms with Crippen molar-refractivity contribution in [2.24, 2.45) is 0 Å². The van der Waals surface area contributed by atoms with Crippen LogP contribution >= 0.6 is 0 Å². The van der Waals surface area contributed by atoms with Crippen molar-refractivity contribution in [1.82, 2.24) is 19.9 Å². The first-order valence-electron chi connectivity index (χ1n) is 18.8. The van der Waals surface area contributed by atoms with Gasteiger partial charge in [-0.15, -0.1) is 0 Å². The smallest absolute Gasteiger partial charge is 0.160 e. The largest absolute Gasteiger partial charge is 0.264 e. The molecule has 0 bridgehead atoms. The van der Waals surface area contributed by atoms with Crippen LogP contribution in [0.2, 0.25) is 0 Å². The highest BCUT2D eigenvalue weighted by molar-refractivity contribution is 6.21. The summed E-state index contributed by atoms with van der Waals surface area (Å²) >= 11 is 0. The molecule has 0 aliphatic heterocycles. The van der Waals surface area contributed by atoms with Gasteiger partial charge in [-0.25, -0.2) is 9.97 Å². The molecule has 10 rings (SSSR count). The standard InChI is InChI=1S/C52H34N4/c1-2-11-39(12-3-1)50-44-17-4-6-19-46(44)51(47-20-7-5-18-45(47)50)40-13-8-14-41(31-40)52-55-48(37-25-21-35(22-26-37)42-15-9-29-53-33-42)32-49(56-52)38-27-23-36(24-28-38)43-16-10-30-54-34-43/h1-34H. The summed E-state index contributed by atoms with van der Waals surface area (Å²) in [6.07, 6.45) is 7.37. The van der Waals surface area contributed by atoms with Gasteiger partial charge in [0.1, 0.15) is 0 Å². The third kappa shape index (κ3) is 6.19. The van der Waals surface area contributed by atoms with Gasteiger partial charge in [-0.1, -0.05) is 158 Å². The zero-order valence-electron chi connectivity index (χ0n) is 30.4. The van der Waals surface area contributed by atoms with Crippen molar-refractivity contribution >= 4 is 21.5 Å². The fourth-order valence-electron chi connectivity index (χ4n) is 7.78. The summed E-state index contributed by atoms with van der Waals surface area (Å²) in [5.41, 5.74) is 13.8. The average Bonchev–Trinajstić information content (AvgIpc) is 3.29. The van der Waals surface area contributed by atoms with Crippen molar-refractivity contribution in [2.45, 2.75) is 0 Å². The highest BCUT2D eigenvalue weighted by atomic mass is 14.9. The Labute approximate surface area is 325 Å². The number of fused-ring (bicyclic) bond motifs is 2. The second kappa shape index (κ2) is 14.3. The van der Waals surface area contributed by atoms with E-state index in [1.165, 1.54) is 38.2 Å². The van der Waals surface area contributed by atoms with E-state index in [0.29, 0.717) is 5.82 Å². The van der Waals surface area contributed by atoms with Gasteiger partial charge in [0, 0.05) is 41.5 Å². The van der Waals surface area contributed by atoms with E-state index >= 15 is 0 Å². The first kappa shape index (κ1) is 33.0. The molecule has 7 aromatic carbocycles. The molecule has 0 radical (unpaired) electrons. The molecule has 0 saturated heterocycles. The number of hydrogen-bond donors (Lipinski definition) is 0. The predicted molar refractivity (Wildman–Crippen MR) is 231 cm³/mol. The highest BCUT2D eigenvalue weighted by Crippen LogP contribution is 2.44. The third-order valence-corrected chi connectivity index (χ3v) is 10.5. The van der Waals surface area contributed by atoms with E-state index in [1.807, 2.05) is 24.5 Å². The second-order valence-corrected chi connectivity index (χ2v) is 13.9. The first-order chi connectivity index (χ1) is 27.8. The Hall–Kier alpha value is -7.56. The van der Waals surface area contributed by atoms with Crippen LogP contribution in [0.5, 0.6) is 0 Å². The molecule has 0 fully saturated rings. The molecule has 3 aromatic heterocycles. The minimum Gasteiger partial charge on any atom is -0.264 e. The lowest BCUT2D eigenvalue weighted by Crippen LogP contribution is -1.97. The SMILES string of the molecule is c1ccc(-c2c3ccccc3c(-c3cccc(-c4nc(-c5ccc(-c6cccnc6)cc5)cc(-c5ccc(-c6cccnc6)cc5)n4)c3)c3ccccc23)cc1. The van der Waals surface area contributed by atoms with Crippen LogP contribution < -0.4 is 0 Å². The van der Waals surface area contributed by atoms with Crippen molar-refractivity contribution in [2.75, 3.05) is 0 Å². The number of rotatable bonds is 7. The molecule has 4 nitrogen and oxygen atoms in total. The van der Waals surface area contributed by atoms with Crippen LogP contribution in [0.25, 0.3) is 100.0 Å². The molecule has 0 N–H and O–H groups in total. The molecule has 0 atom stereocenters. The zero-order chi connectivity index (χ0) is 37.3. The maximum absolute atomic E-state index is 5.25. The van der Waals surface area contributed by atoms with E-state index in [2.05, 4.69) is 180 Å². The van der Waals surface area contributed by atoms with Gasteiger partial charge in [-0.05, 0) is 90.3 Å². The lowest BCUT2D eigenvalue weighted by Gasteiger charge is -2.18. The summed E-state index contributed by atoms with van der Waals surface area (Å²) in [6, 6.07) is 64.2. The van der Waals surface area contributed by atoms with E-state index < -0.39 is 0 Å². The summed E-state index contributed by atoms with van der Waals surface area (Å²) in [6.45, 7) is 0. The summed E-state index contributed by atoms with van der Waals surface area (Å²) in [5.74, 6) is 0.668. The maximum atomic E-state index is 5.25. The molecule has 0 saturated carbocycles. The molecule has 0 unspecified atom stereocenters. The van der Waals surface area contributed by atoms with Gasteiger partial charge >= 0.3 is 0 Å². The Bertz CT molecular complexity index is 2820. The summed E-state index contributed by atoms with van der Waals surface area (Å²) in [5, 5.41) is 4.87. The van der Waals surface area contributed by atoms with Crippen LogP contribution in [-0.2, 0) is 0 Å². The monoisotopic (exact) mass is 714 g/mol. The van der Waals surface area contributed by atoms with E-state index in [-0.39, 0.29) is 0 Å². The molecule has 56 heavy (non-hydrogen) atoms. The first-order valence-corrected chi connectivity index (χ1v) is 18.8. The van der Waals surface area contributed by atoms with Crippen LogP contribution in [0.1, 0.15) is 0 Å². The molecular weight excluding hydrogens is 681 g/mol. The van der Waals surface area contributed by atoms with Gasteiger partial charge in [0.15, 0.2) is 5.82 Å². The Kier molecular flexibility index (Phi) is 8.47. The van der Waals surface area contributed by atoms with Crippen molar-refractivity contribution in [3.05, 3.63) is 207 Å². The van der Waals surface area contributed by atoms with Gasteiger partial charge in [0.25, 0.3) is 0 Å². The Morgan fingerprint density at radius 3 is 1.16 bits per heavy atom. The highest BCUT2D eigenvalue weighted by Gasteiger charge is 2.18. The fourth-order valence-corrected chi connectivity index (χ4v) is 7.78. The van der Waals surface area contributed by atoms with Crippen molar-refractivity contribution in [3.8, 4) is 78.4 Å². The van der Waals surface area contributed by atoms with Crippen LogP contribution in [0.15, 0.2) is 207 Å². The minimum atomic E-state index is 0.668. The Morgan fingerprint density at radius 1 is 0.268 bits per heavy atom. The van der Waals surface area contributed by atoms with Crippen molar-refractivity contribution in [1.29, 1.82) is 0 Å². The molecule has 10 aromatic rings. The molecular formula is C52H34N4. The minimum absolute atomic E-state index is 0.668. The lowest BCUT2D eigenvalue weighted by molar-refractivity contribution is 1.18. The number of nitrogens with zero attached hydrogens (tertiary/aromatic N) is 4. The van der Waals surface area contributed by atoms with Crippen molar-refractivity contribution in [3.63, 3.8) is 0 Å². The average molecular weight is 715 g/mol. The Balaban J connectivity index is 1.13. The lowest BCUT2D eigenvalue weighted by atomic mass is 9.85. The second-order valence-electron chi connectivity index (χ2n) is 13.9. The maximum Gasteiger partial charge on any atom is 0.160 e. The van der Waals surface area contributed by atoms with Crippen molar-refractivity contribution < 1.29 is 0 Å². The molecule has 3 heterocycles. The van der Waals surface area contributed by atoms with Gasteiger partial charge in [0.2, 0.25) is 0 Å².